The van der Waals surface area contributed by atoms with Gasteiger partial charge in [0.25, 0.3) is 0 Å². The lowest BCUT2D eigenvalue weighted by Gasteiger charge is -2.27. The minimum Gasteiger partial charge on any atom is -0.327 e. The highest BCUT2D eigenvalue weighted by Gasteiger charge is 2.42. The smallest absolute Gasteiger partial charge is 0.231 e. The van der Waals surface area contributed by atoms with Crippen molar-refractivity contribution in [2.75, 3.05) is 5.32 Å². The van der Waals surface area contributed by atoms with Crippen molar-refractivity contribution in [2.24, 2.45) is 11.1 Å². The molecule has 4 heteroatoms. The molecule has 0 aromatic heterocycles. The van der Waals surface area contributed by atoms with E-state index in [1.807, 2.05) is 6.92 Å². The van der Waals surface area contributed by atoms with Gasteiger partial charge >= 0.3 is 0 Å². The van der Waals surface area contributed by atoms with Crippen LogP contribution in [-0.2, 0) is 4.79 Å². The van der Waals surface area contributed by atoms with E-state index in [1.165, 1.54) is 0 Å². The standard InChI is InChI=1S/C14H17N3O/c1-14(7-3-6-12(14)16)13(18)17-11-5-2-4-10(8-11)9-15/h2,4-5,8,12H,3,6-7,16H2,1H3,(H,17,18). The van der Waals surface area contributed by atoms with E-state index in [2.05, 4.69) is 11.4 Å². The number of nitriles is 1. The van der Waals surface area contributed by atoms with Crippen molar-refractivity contribution in [1.82, 2.24) is 0 Å². The van der Waals surface area contributed by atoms with Crippen molar-refractivity contribution in [1.29, 1.82) is 5.26 Å². The zero-order valence-electron chi connectivity index (χ0n) is 10.4. The molecule has 1 amide bonds. The highest BCUT2D eigenvalue weighted by molar-refractivity contribution is 5.96. The lowest BCUT2D eigenvalue weighted by molar-refractivity contribution is -0.125. The van der Waals surface area contributed by atoms with Crippen LogP contribution in [0.1, 0.15) is 31.7 Å². The fourth-order valence-corrected chi connectivity index (χ4v) is 2.42. The fourth-order valence-electron chi connectivity index (χ4n) is 2.42. The summed E-state index contributed by atoms with van der Waals surface area (Å²) in [7, 11) is 0. The molecule has 2 rings (SSSR count). The number of hydrogen-bond acceptors (Lipinski definition) is 3. The van der Waals surface area contributed by atoms with Crippen molar-refractivity contribution in [3.05, 3.63) is 29.8 Å². The van der Waals surface area contributed by atoms with Crippen molar-refractivity contribution < 1.29 is 4.79 Å². The molecule has 94 valence electrons. The summed E-state index contributed by atoms with van der Waals surface area (Å²) in [6.07, 6.45) is 2.70. The van der Waals surface area contributed by atoms with Crippen LogP contribution in [0.2, 0.25) is 0 Å². The Morgan fingerprint density at radius 1 is 1.61 bits per heavy atom. The Labute approximate surface area is 107 Å². The van der Waals surface area contributed by atoms with Crippen molar-refractivity contribution >= 4 is 11.6 Å². The zero-order chi connectivity index (χ0) is 13.2. The molecule has 1 saturated carbocycles. The van der Waals surface area contributed by atoms with Gasteiger partial charge in [0.1, 0.15) is 0 Å². The minimum atomic E-state index is -0.497. The molecule has 1 fully saturated rings. The van der Waals surface area contributed by atoms with Crippen LogP contribution in [-0.4, -0.2) is 11.9 Å². The van der Waals surface area contributed by atoms with Crippen LogP contribution in [0.5, 0.6) is 0 Å². The van der Waals surface area contributed by atoms with Crippen molar-refractivity contribution in [3.63, 3.8) is 0 Å². The number of anilines is 1. The highest BCUT2D eigenvalue weighted by atomic mass is 16.2. The molecule has 0 bridgehead atoms. The van der Waals surface area contributed by atoms with Gasteiger partial charge in [0.05, 0.1) is 17.0 Å². The predicted octanol–water partition coefficient (Wildman–Crippen LogP) is 2.01. The van der Waals surface area contributed by atoms with Gasteiger partial charge in [-0.2, -0.15) is 5.26 Å². The van der Waals surface area contributed by atoms with Crippen molar-refractivity contribution in [3.8, 4) is 6.07 Å². The van der Waals surface area contributed by atoms with Gasteiger partial charge in [0.15, 0.2) is 0 Å². The molecule has 18 heavy (non-hydrogen) atoms. The summed E-state index contributed by atoms with van der Waals surface area (Å²) in [5.41, 5.74) is 6.70. The molecule has 1 aliphatic carbocycles. The molecule has 1 aromatic carbocycles. The molecule has 3 N–H and O–H groups in total. The molecular formula is C14H17N3O. The first kappa shape index (κ1) is 12.6. The number of hydrogen-bond donors (Lipinski definition) is 2. The van der Waals surface area contributed by atoms with Gasteiger partial charge in [-0.3, -0.25) is 4.79 Å². The summed E-state index contributed by atoms with van der Waals surface area (Å²) >= 11 is 0. The number of benzene rings is 1. The van der Waals surface area contributed by atoms with Crippen molar-refractivity contribution in [2.45, 2.75) is 32.2 Å². The van der Waals surface area contributed by atoms with Crippen LogP contribution in [0.15, 0.2) is 24.3 Å². The van der Waals surface area contributed by atoms with E-state index in [9.17, 15) is 4.79 Å². The number of carbonyl (C=O) groups is 1. The Kier molecular flexibility index (Phi) is 3.35. The number of nitrogens with one attached hydrogen (secondary N) is 1. The molecule has 0 aliphatic heterocycles. The molecule has 0 saturated heterocycles. The summed E-state index contributed by atoms with van der Waals surface area (Å²) in [5.74, 6) is -0.0532. The largest absolute Gasteiger partial charge is 0.327 e. The van der Waals surface area contributed by atoms with Gasteiger partial charge in [-0.1, -0.05) is 12.5 Å². The maximum Gasteiger partial charge on any atom is 0.231 e. The third-order valence-corrected chi connectivity index (χ3v) is 3.80. The average molecular weight is 243 g/mol. The van der Waals surface area contributed by atoms with Crippen LogP contribution in [0.25, 0.3) is 0 Å². The second-order valence-electron chi connectivity index (χ2n) is 5.06. The number of amides is 1. The van der Waals surface area contributed by atoms with Crippen LogP contribution in [0.4, 0.5) is 5.69 Å². The molecule has 1 aliphatic rings. The molecule has 1 aromatic rings. The first-order chi connectivity index (χ1) is 8.56. The molecule has 0 radical (unpaired) electrons. The maximum absolute atomic E-state index is 12.3. The van der Waals surface area contributed by atoms with Gasteiger partial charge in [-0.05, 0) is 38.0 Å². The van der Waals surface area contributed by atoms with Gasteiger partial charge in [-0.15, -0.1) is 0 Å². The summed E-state index contributed by atoms with van der Waals surface area (Å²) in [5, 5.41) is 11.7. The second-order valence-corrected chi connectivity index (χ2v) is 5.06. The van der Waals surface area contributed by atoms with E-state index in [0.29, 0.717) is 11.3 Å². The Morgan fingerprint density at radius 2 is 2.39 bits per heavy atom. The molecule has 0 spiro atoms. The molecule has 0 heterocycles. The van der Waals surface area contributed by atoms with Gasteiger partial charge in [0, 0.05) is 11.7 Å². The van der Waals surface area contributed by atoms with Gasteiger partial charge in [-0.25, -0.2) is 0 Å². The predicted molar refractivity (Wildman–Crippen MR) is 69.7 cm³/mol. The van der Waals surface area contributed by atoms with Gasteiger partial charge < -0.3 is 11.1 Å². The summed E-state index contributed by atoms with van der Waals surface area (Å²) in [4.78, 5) is 12.3. The molecule has 2 unspecified atom stereocenters. The Hall–Kier alpha value is -1.86. The number of nitrogens with two attached hydrogens (primary N) is 1. The molecule has 4 nitrogen and oxygen atoms in total. The quantitative estimate of drug-likeness (QED) is 0.834. The molecular weight excluding hydrogens is 226 g/mol. The first-order valence-corrected chi connectivity index (χ1v) is 6.13. The number of rotatable bonds is 2. The van der Waals surface area contributed by atoms with E-state index in [1.54, 1.807) is 24.3 Å². The Bertz CT molecular complexity index is 506. The lowest BCUT2D eigenvalue weighted by atomic mass is 9.84. The third kappa shape index (κ3) is 2.22. The SMILES string of the molecule is CC1(C(=O)Nc2cccc(C#N)c2)CCCC1N. The van der Waals surface area contributed by atoms with E-state index in [4.69, 9.17) is 11.0 Å². The van der Waals surface area contributed by atoms with Gasteiger partial charge in [0.2, 0.25) is 5.91 Å². The number of carbonyl (C=O) groups excluding carboxylic acids is 1. The topological polar surface area (TPSA) is 78.9 Å². The van der Waals surface area contributed by atoms with Crippen LogP contribution in [0.3, 0.4) is 0 Å². The minimum absolute atomic E-state index is 0.0532. The monoisotopic (exact) mass is 243 g/mol. The van der Waals surface area contributed by atoms with E-state index >= 15 is 0 Å². The van der Waals surface area contributed by atoms with E-state index < -0.39 is 5.41 Å². The second kappa shape index (κ2) is 4.79. The summed E-state index contributed by atoms with van der Waals surface area (Å²) in [6.45, 7) is 1.91. The number of nitrogens with zero attached hydrogens (tertiary/aromatic N) is 1. The maximum atomic E-state index is 12.3. The Morgan fingerprint density at radius 3 is 3.00 bits per heavy atom. The fraction of sp³-hybridized carbons (Fsp3) is 0.429. The van der Waals surface area contributed by atoms with Crippen LogP contribution >= 0.6 is 0 Å². The first-order valence-electron chi connectivity index (χ1n) is 6.13. The third-order valence-electron chi connectivity index (χ3n) is 3.80. The average Bonchev–Trinajstić information content (AvgIpc) is 2.71. The lowest BCUT2D eigenvalue weighted by Crippen LogP contribution is -2.44. The van der Waals surface area contributed by atoms with Crippen LogP contribution < -0.4 is 11.1 Å². The van der Waals surface area contributed by atoms with E-state index in [-0.39, 0.29) is 11.9 Å². The van der Waals surface area contributed by atoms with E-state index in [0.717, 1.165) is 19.3 Å². The van der Waals surface area contributed by atoms with Crippen LogP contribution in [0, 0.1) is 16.7 Å². The summed E-state index contributed by atoms with van der Waals surface area (Å²) in [6, 6.07) is 8.88. The normalized spacial score (nSPS) is 26.6. The highest BCUT2D eigenvalue weighted by Crippen LogP contribution is 2.37. The molecule has 2 atom stereocenters. The summed E-state index contributed by atoms with van der Waals surface area (Å²) < 4.78 is 0. The Balaban J connectivity index is 2.14. The zero-order valence-corrected chi connectivity index (χ0v) is 10.4.